The zero-order chi connectivity index (χ0) is 27.3. The molecule has 0 fully saturated rings. The number of carboxylic acids is 2. The van der Waals surface area contributed by atoms with Crippen molar-refractivity contribution >= 4 is 17.7 Å². The number of aromatic carboxylic acids is 2. The predicted octanol–water partition coefficient (Wildman–Crippen LogP) is 5.95. The van der Waals surface area contributed by atoms with Gasteiger partial charge in [0.2, 0.25) is 0 Å². The molecule has 0 bridgehead atoms. The van der Waals surface area contributed by atoms with Crippen LogP contribution in [0.3, 0.4) is 0 Å². The number of alkyl halides is 3. The van der Waals surface area contributed by atoms with E-state index in [1.54, 1.807) is 32.0 Å². The molecule has 3 aromatic carbocycles. The lowest BCUT2D eigenvalue weighted by Crippen LogP contribution is -2.15. The van der Waals surface area contributed by atoms with Gasteiger partial charge in [-0.1, -0.05) is 23.4 Å². The van der Waals surface area contributed by atoms with E-state index in [0.717, 1.165) is 17.7 Å². The normalized spacial score (nSPS) is 11.8. The zero-order valence-electron chi connectivity index (χ0n) is 20.2. The van der Waals surface area contributed by atoms with E-state index >= 15 is 0 Å². The number of oxime groups is 1. The van der Waals surface area contributed by atoms with Crippen molar-refractivity contribution in [3.63, 3.8) is 0 Å². The summed E-state index contributed by atoms with van der Waals surface area (Å²) < 4.78 is 47.5. The molecule has 0 aliphatic heterocycles. The molecule has 0 aliphatic carbocycles. The SMILES string of the molecule is CON=C(C)c1ccc(OCc2c(Cc3ccc(C(=O)O)cc3C(=O)O)cccc2C(F)(F)F)c(C)c1. The predicted molar refractivity (Wildman–Crippen MR) is 129 cm³/mol. The number of carboxylic acid groups (broad SMARTS) is 2. The molecule has 0 spiro atoms. The second-order valence-electron chi connectivity index (χ2n) is 8.23. The van der Waals surface area contributed by atoms with Crippen molar-refractivity contribution in [1.82, 2.24) is 0 Å². The minimum Gasteiger partial charge on any atom is -0.489 e. The molecule has 0 aromatic heterocycles. The Hall–Kier alpha value is -4.34. The van der Waals surface area contributed by atoms with Gasteiger partial charge in [-0.05, 0) is 78.9 Å². The third-order valence-corrected chi connectivity index (χ3v) is 5.74. The Bertz CT molecular complexity index is 1360. The van der Waals surface area contributed by atoms with Crippen LogP contribution in [0.4, 0.5) is 13.2 Å². The number of hydrogen-bond donors (Lipinski definition) is 2. The first-order valence-corrected chi connectivity index (χ1v) is 11.0. The van der Waals surface area contributed by atoms with Crippen molar-refractivity contribution in [2.24, 2.45) is 5.16 Å². The van der Waals surface area contributed by atoms with E-state index in [0.29, 0.717) is 17.0 Å². The van der Waals surface area contributed by atoms with Crippen molar-refractivity contribution < 1.29 is 42.5 Å². The van der Waals surface area contributed by atoms with Crippen LogP contribution in [0, 0.1) is 6.92 Å². The fraction of sp³-hybridized carbons (Fsp3) is 0.222. The van der Waals surface area contributed by atoms with Crippen LogP contribution in [-0.4, -0.2) is 35.0 Å². The van der Waals surface area contributed by atoms with Crippen LogP contribution in [0.1, 0.15) is 61.0 Å². The lowest BCUT2D eigenvalue weighted by molar-refractivity contribution is -0.138. The number of benzene rings is 3. The molecule has 0 amide bonds. The van der Waals surface area contributed by atoms with Crippen molar-refractivity contribution in [2.45, 2.75) is 33.1 Å². The second kappa shape index (κ2) is 11.2. The van der Waals surface area contributed by atoms with Crippen molar-refractivity contribution in [1.29, 1.82) is 0 Å². The number of hydrogen-bond acceptors (Lipinski definition) is 5. The monoisotopic (exact) mass is 515 g/mol. The first-order chi connectivity index (χ1) is 17.4. The van der Waals surface area contributed by atoms with Crippen LogP contribution >= 0.6 is 0 Å². The second-order valence-corrected chi connectivity index (χ2v) is 8.23. The Balaban J connectivity index is 2.00. The number of aryl methyl sites for hydroxylation is 1. The highest BCUT2D eigenvalue weighted by Crippen LogP contribution is 2.35. The summed E-state index contributed by atoms with van der Waals surface area (Å²) in [6.07, 6.45) is -4.85. The lowest BCUT2D eigenvalue weighted by atomic mass is 9.92. The summed E-state index contributed by atoms with van der Waals surface area (Å²) in [5.41, 5.74) is 0.841. The third kappa shape index (κ3) is 6.46. The highest BCUT2D eigenvalue weighted by molar-refractivity contribution is 5.98. The first-order valence-electron chi connectivity index (χ1n) is 11.0. The van der Waals surface area contributed by atoms with Crippen LogP contribution in [-0.2, 0) is 24.0 Å². The van der Waals surface area contributed by atoms with E-state index in [-0.39, 0.29) is 34.2 Å². The van der Waals surface area contributed by atoms with Gasteiger partial charge in [-0.15, -0.1) is 0 Å². The molecule has 194 valence electrons. The third-order valence-electron chi connectivity index (χ3n) is 5.74. The molecule has 0 atom stereocenters. The molecule has 0 heterocycles. The molecule has 2 N–H and O–H groups in total. The topological polar surface area (TPSA) is 105 Å². The summed E-state index contributed by atoms with van der Waals surface area (Å²) >= 11 is 0. The summed E-state index contributed by atoms with van der Waals surface area (Å²) in [5, 5.41) is 22.6. The number of ether oxygens (including phenoxy) is 1. The van der Waals surface area contributed by atoms with Crippen LogP contribution in [0.2, 0.25) is 0 Å². The van der Waals surface area contributed by atoms with Gasteiger partial charge in [0, 0.05) is 5.56 Å². The molecule has 0 aliphatic rings. The Labute approximate surface area is 210 Å². The standard InChI is InChI=1S/C27H24F3NO6/c1-15-11-17(16(2)31-36-3)9-10-24(15)37-14-22-18(5-4-6-23(22)27(28,29)30)12-19-7-8-20(25(32)33)13-21(19)26(34)35/h4-11,13H,12,14H2,1-3H3,(H,32,33)(H,34,35). The van der Waals surface area contributed by atoms with Gasteiger partial charge >= 0.3 is 18.1 Å². The molecule has 37 heavy (non-hydrogen) atoms. The van der Waals surface area contributed by atoms with Gasteiger partial charge in [0.25, 0.3) is 0 Å². The van der Waals surface area contributed by atoms with Crippen LogP contribution in [0.15, 0.2) is 59.8 Å². The van der Waals surface area contributed by atoms with Gasteiger partial charge in [-0.3, -0.25) is 0 Å². The average Bonchev–Trinajstić information content (AvgIpc) is 2.83. The lowest BCUT2D eigenvalue weighted by Gasteiger charge is -2.19. The van der Waals surface area contributed by atoms with E-state index in [1.807, 2.05) is 0 Å². The summed E-state index contributed by atoms with van der Waals surface area (Å²) in [6.45, 7) is 3.07. The number of carbonyl (C=O) groups is 2. The van der Waals surface area contributed by atoms with Crippen LogP contribution < -0.4 is 4.74 Å². The summed E-state index contributed by atoms with van der Waals surface area (Å²) in [5.74, 6) is -2.33. The van der Waals surface area contributed by atoms with Crippen molar-refractivity contribution in [3.8, 4) is 5.75 Å². The van der Waals surface area contributed by atoms with Gasteiger partial charge in [-0.25, -0.2) is 9.59 Å². The smallest absolute Gasteiger partial charge is 0.416 e. The van der Waals surface area contributed by atoms with Gasteiger partial charge in [0.15, 0.2) is 0 Å². The largest absolute Gasteiger partial charge is 0.489 e. The summed E-state index contributed by atoms with van der Waals surface area (Å²) in [7, 11) is 1.42. The number of nitrogens with zero attached hydrogens (tertiary/aromatic N) is 1. The van der Waals surface area contributed by atoms with Gasteiger partial charge < -0.3 is 19.8 Å². The molecule has 0 unspecified atom stereocenters. The van der Waals surface area contributed by atoms with Gasteiger partial charge in [0.05, 0.1) is 22.4 Å². The van der Waals surface area contributed by atoms with E-state index < -0.39 is 30.3 Å². The van der Waals surface area contributed by atoms with Crippen molar-refractivity contribution in [2.75, 3.05) is 7.11 Å². The molecule has 3 rings (SSSR count). The maximum absolute atomic E-state index is 13.9. The molecular formula is C27H24F3NO6. The van der Waals surface area contributed by atoms with E-state index in [1.165, 1.54) is 31.4 Å². The number of halogens is 3. The molecule has 3 aromatic rings. The maximum Gasteiger partial charge on any atom is 0.416 e. The maximum atomic E-state index is 13.9. The Morgan fingerprint density at radius 2 is 1.65 bits per heavy atom. The molecular weight excluding hydrogens is 491 g/mol. The van der Waals surface area contributed by atoms with Crippen molar-refractivity contribution in [3.05, 3.63) is 99.1 Å². The highest BCUT2D eigenvalue weighted by Gasteiger charge is 2.34. The van der Waals surface area contributed by atoms with Gasteiger partial charge in [0.1, 0.15) is 19.5 Å². The zero-order valence-corrected chi connectivity index (χ0v) is 20.2. The Morgan fingerprint density at radius 1 is 0.946 bits per heavy atom. The van der Waals surface area contributed by atoms with Crippen LogP contribution in [0.25, 0.3) is 0 Å². The quantitative estimate of drug-likeness (QED) is 0.270. The molecule has 10 heteroatoms. The minimum atomic E-state index is -4.68. The Morgan fingerprint density at radius 3 is 2.24 bits per heavy atom. The Kier molecular flexibility index (Phi) is 8.21. The van der Waals surface area contributed by atoms with E-state index in [9.17, 15) is 27.9 Å². The summed E-state index contributed by atoms with van der Waals surface area (Å²) in [4.78, 5) is 27.8. The summed E-state index contributed by atoms with van der Waals surface area (Å²) in [6, 6.07) is 12.3. The fourth-order valence-electron chi connectivity index (χ4n) is 3.88. The number of rotatable bonds is 9. The molecule has 0 saturated heterocycles. The van der Waals surface area contributed by atoms with Gasteiger partial charge in [-0.2, -0.15) is 13.2 Å². The molecule has 0 radical (unpaired) electrons. The highest BCUT2D eigenvalue weighted by atomic mass is 19.4. The van der Waals surface area contributed by atoms with E-state index in [2.05, 4.69) is 5.16 Å². The first kappa shape index (κ1) is 27.3. The minimum absolute atomic E-state index is 0.144. The molecule has 7 nitrogen and oxygen atoms in total. The fourth-order valence-corrected chi connectivity index (χ4v) is 3.88. The molecule has 0 saturated carbocycles. The van der Waals surface area contributed by atoms with Crippen LogP contribution in [0.5, 0.6) is 5.75 Å². The van der Waals surface area contributed by atoms with E-state index in [4.69, 9.17) is 14.7 Å². The average molecular weight is 515 g/mol.